The van der Waals surface area contributed by atoms with Crippen molar-refractivity contribution in [3.05, 3.63) is 22.7 Å². The zero-order valence-corrected chi connectivity index (χ0v) is 12.3. The molecular weight excluding hydrogens is 326 g/mol. The summed E-state index contributed by atoms with van der Waals surface area (Å²) >= 11 is 3.39. The molecule has 0 unspecified atom stereocenters. The molecule has 6 nitrogen and oxygen atoms in total. The van der Waals surface area contributed by atoms with Gasteiger partial charge in [0.1, 0.15) is 5.52 Å². The molecule has 3 rings (SSSR count). The van der Waals surface area contributed by atoms with Gasteiger partial charge in [-0.25, -0.2) is 4.79 Å². The fourth-order valence-electron chi connectivity index (χ4n) is 2.38. The molecule has 1 saturated heterocycles. The lowest BCUT2D eigenvalue weighted by atomic mass is 10.1. The highest BCUT2D eigenvalue weighted by molar-refractivity contribution is 9.10. The van der Waals surface area contributed by atoms with Gasteiger partial charge in [-0.05, 0) is 30.5 Å². The Bertz CT molecular complexity index is 643. The van der Waals surface area contributed by atoms with Crippen LogP contribution in [0.3, 0.4) is 0 Å². The number of fused-ring (bicyclic) bond motifs is 1. The summed E-state index contributed by atoms with van der Waals surface area (Å²) in [5, 5.41) is 12.1. The number of hydrogen-bond donors (Lipinski definition) is 2. The van der Waals surface area contributed by atoms with Crippen molar-refractivity contribution >= 4 is 39.1 Å². The smallest absolute Gasteiger partial charge is 0.407 e. The van der Waals surface area contributed by atoms with Crippen molar-refractivity contribution in [1.82, 2.24) is 9.88 Å². The molecule has 1 aliphatic rings. The van der Waals surface area contributed by atoms with Crippen molar-refractivity contribution in [1.29, 1.82) is 0 Å². The SMILES string of the molecule is O=C(O)N1CC[C@H](CNc2nc3cc(Br)ccc3o2)C1. The van der Waals surface area contributed by atoms with E-state index in [2.05, 4.69) is 26.2 Å². The van der Waals surface area contributed by atoms with Crippen LogP contribution in [-0.4, -0.2) is 40.7 Å². The van der Waals surface area contributed by atoms with Crippen LogP contribution in [0, 0.1) is 5.92 Å². The number of hydrogen-bond acceptors (Lipinski definition) is 4. The van der Waals surface area contributed by atoms with Gasteiger partial charge >= 0.3 is 6.09 Å². The number of benzene rings is 1. The zero-order chi connectivity index (χ0) is 14.1. The average Bonchev–Trinajstić information content (AvgIpc) is 3.01. The molecule has 1 aromatic carbocycles. The number of halogens is 1. The van der Waals surface area contributed by atoms with E-state index in [1.165, 1.54) is 4.90 Å². The highest BCUT2D eigenvalue weighted by Crippen LogP contribution is 2.23. The summed E-state index contributed by atoms with van der Waals surface area (Å²) in [7, 11) is 0. The molecule has 0 aliphatic carbocycles. The Morgan fingerprint density at radius 3 is 3.20 bits per heavy atom. The van der Waals surface area contributed by atoms with Gasteiger partial charge in [-0.15, -0.1) is 0 Å². The number of oxazole rings is 1. The first-order chi connectivity index (χ1) is 9.61. The minimum Gasteiger partial charge on any atom is -0.465 e. The maximum atomic E-state index is 10.8. The maximum absolute atomic E-state index is 10.8. The largest absolute Gasteiger partial charge is 0.465 e. The molecular formula is C13H14BrN3O3. The second-order valence-electron chi connectivity index (χ2n) is 4.90. The Morgan fingerprint density at radius 1 is 1.60 bits per heavy atom. The van der Waals surface area contributed by atoms with E-state index >= 15 is 0 Å². The van der Waals surface area contributed by atoms with Crippen LogP contribution in [0.2, 0.25) is 0 Å². The molecule has 2 N–H and O–H groups in total. The number of anilines is 1. The molecule has 1 aliphatic heterocycles. The molecule has 106 valence electrons. The molecule has 0 spiro atoms. The Balaban J connectivity index is 1.61. The average molecular weight is 340 g/mol. The lowest BCUT2D eigenvalue weighted by Gasteiger charge is -2.12. The van der Waals surface area contributed by atoms with E-state index in [0.29, 0.717) is 31.6 Å². The van der Waals surface area contributed by atoms with Gasteiger partial charge in [0.25, 0.3) is 6.01 Å². The van der Waals surface area contributed by atoms with Gasteiger partial charge in [0.05, 0.1) is 0 Å². The lowest BCUT2D eigenvalue weighted by Crippen LogP contribution is -2.27. The Morgan fingerprint density at radius 2 is 2.45 bits per heavy atom. The van der Waals surface area contributed by atoms with Crippen LogP contribution in [0.4, 0.5) is 10.8 Å². The Kier molecular flexibility index (Phi) is 3.52. The number of nitrogens with zero attached hydrogens (tertiary/aromatic N) is 2. The van der Waals surface area contributed by atoms with Crippen LogP contribution in [0.1, 0.15) is 6.42 Å². The van der Waals surface area contributed by atoms with Crippen LogP contribution >= 0.6 is 15.9 Å². The van der Waals surface area contributed by atoms with Gasteiger partial charge in [-0.3, -0.25) is 0 Å². The molecule has 1 fully saturated rings. The van der Waals surface area contributed by atoms with Crippen LogP contribution in [0.5, 0.6) is 0 Å². The van der Waals surface area contributed by atoms with Gasteiger partial charge in [-0.2, -0.15) is 4.98 Å². The van der Waals surface area contributed by atoms with Gasteiger partial charge in [0, 0.05) is 24.1 Å². The predicted octanol–water partition coefficient (Wildman–Crippen LogP) is 3.00. The van der Waals surface area contributed by atoms with Gasteiger partial charge in [0.2, 0.25) is 0 Å². The van der Waals surface area contributed by atoms with Gasteiger partial charge < -0.3 is 19.7 Å². The van der Waals surface area contributed by atoms with Crippen molar-refractivity contribution in [2.45, 2.75) is 6.42 Å². The van der Waals surface area contributed by atoms with E-state index in [-0.39, 0.29) is 0 Å². The highest BCUT2D eigenvalue weighted by atomic mass is 79.9. The Labute approximate surface area is 123 Å². The van der Waals surface area contributed by atoms with Gasteiger partial charge in [0.15, 0.2) is 5.58 Å². The number of nitrogens with one attached hydrogen (secondary N) is 1. The zero-order valence-electron chi connectivity index (χ0n) is 10.7. The standard InChI is InChI=1S/C13H14BrN3O3/c14-9-1-2-11-10(5-9)16-12(20-11)15-6-8-3-4-17(7-8)13(18)19/h1-2,5,8H,3-4,6-7H2,(H,15,16)(H,18,19)/t8-/m1/s1. The number of carboxylic acid groups (broad SMARTS) is 1. The molecule has 1 amide bonds. The quantitative estimate of drug-likeness (QED) is 0.898. The van der Waals surface area contributed by atoms with Crippen molar-refractivity contribution in [2.24, 2.45) is 5.92 Å². The molecule has 20 heavy (non-hydrogen) atoms. The number of carbonyl (C=O) groups is 1. The van der Waals surface area contributed by atoms with Crippen LogP contribution in [-0.2, 0) is 0 Å². The normalized spacial score (nSPS) is 18.6. The highest BCUT2D eigenvalue weighted by Gasteiger charge is 2.25. The third-order valence-corrected chi connectivity index (χ3v) is 3.94. The predicted molar refractivity (Wildman–Crippen MR) is 77.9 cm³/mol. The number of aromatic nitrogens is 1. The maximum Gasteiger partial charge on any atom is 0.407 e. The summed E-state index contributed by atoms with van der Waals surface area (Å²) in [5.74, 6) is 0.299. The summed E-state index contributed by atoms with van der Waals surface area (Å²) < 4.78 is 6.54. The fraction of sp³-hybridized carbons (Fsp3) is 0.385. The molecule has 7 heteroatoms. The van der Waals surface area contributed by atoms with Crippen LogP contribution in [0.15, 0.2) is 27.1 Å². The first-order valence-electron chi connectivity index (χ1n) is 6.39. The second-order valence-corrected chi connectivity index (χ2v) is 5.81. The van der Waals surface area contributed by atoms with Gasteiger partial charge in [-0.1, -0.05) is 15.9 Å². The van der Waals surface area contributed by atoms with E-state index in [4.69, 9.17) is 9.52 Å². The fourth-order valence-corrected chi connectivity index (χ4v) is 2.73. The van der Waals surface area contributed by atoms with E-state index in [0.717, 1.165) is 22.0 Å². The lowest BCUT2D eigenvalue weighted by molar-refractivity contribution is 0.154. The number of rotatable bonds is 3. The summed E-state index contributed by atoms with van der Waals surface area (Å²) in [6.45, 7) is 1.83. The molecule has 1 aromatic heterocycles. The molecule has 2 heterocycles. The van der Waals surface area contributed by atoms with E-state index in [9.17, 15) is 4.79 Å². The van der Waals surface area contributed by atoms with Crippen molar-refractivity contribution < 1.29 is 14.3 Å². The van der Waals surface area contributed by atoms with E-state index in [1.54, 1.807) is 0 Å². The van der Waals surface area contributed by atoms with E-state index in [1.807, 2.05) is 18.2 Å². The molecule has 0 bridgehead atoms. The monoisotopic (exact) mass is 339 g/mol. The molecule has 1 atom stereocenters. The summed E-state index contributed by atoms with van der Waals surface area (Å²) in [4.78, 5) is 16.6. The summed E-state index contributed by atoms with van der Waals surface area (Å²) in [6.07, 6.45) is 0.0182. The third kappa shape index (κ3) is 2.72. The van der Waals surface area contributed by atoms with Crippen molar-refractivity contribution in [3.63, 3.8) is 0 Å². The van der Waals surface area contributed by atoms with Crippen LogP contribution in [0.25, 0.3) is 11.1 Å². The molecule has 0 saturated carbocycles. The van der Waals surface area contributed by atoms with E-state index < -0.39 is 6.09 Å². The second kappa shape index (κ2) is 5.32. The summed E-state index contributed by atoms with van der Waals surface area (Å²) in [5.41, 5.74) is 1.52. The Hall–Kier alpha value is -1.76. The minimum absolute atomic E-state index is 0.299. The van der Waals surface area contributed by atoms with Crippen molar-refractivity contribution in [2.75, 3.05) is 25.0 Å². The van der Waals surface area contributed by atoms with Crippen molar-refractivity contribution in [3.8, 4) is 0 Å². The first kappa shape index (κ1) is 13.2. The molecule has 0 radical (unpaired) electrons. The number of amides is 1. The molecule has 2 aromatic rings. The first-order valence-corrected chi connectivity index (χ1v) is 7.19. The topological polar surface area (TPSA) is 78.6 Å². The number of likely N-dealkylation sites (tertiary alicyclic amines) is 1. The summed E-state index contributed by atoms with van der Waals surface area (Å²) in [6, 6.07) is 6.14. The minimum atomic E-state index is -0.848. The van der Waals surface area contributed by atoms with Crippen LogP contribution < -0.4 is 5.32 Å². The third-order valence-electron chi connectivity index (χ3n) is 3.45.